The van der Waals surface area contributed by atoms with Crippen LogP contribution >= 0.6 is 0 Å². The van der Waals surface area contributed by atoms with Gasteiger partial charge in [0.05, 0.1) is 12.2 Å². The van der Waals surface area contributed by atoms with Gasteiger partial charge in [-0.15, -0.1) is 0 Å². The second-order valence-electron chi connectivity index (χ2n) is 4.28. The van der Waals surface area contributed by atoms with Crippen molar-refractivity contribution in [2.75, 3.05) is 11.9 Å². The van der Waals surface area contributed by atoms with E-state index >= 15 is 0 Å². The summed E-state index contributed by atoms with van der Waals surface area (Å²) in [5, 5.41) is 7.57. The maximum atomic E-state index is 5.86. The minimum Gasteiger partial charge on any atom is -0.360 e. The predicted octanol–water partition coefficient (Wildman–Crippen LogP) is 1.84. The van der Waals surface area contributed by atoms with Gasteiger partial charge in [0.15, 0.2) is 5.82 Å². The van der Waals surface area contributed by atoms with Gasteiger partial charge in [-0.25, -0.2) is 9.50 Å². The Balaban J connectivity index is 1.93. The number of nitrogens with zero attached hydrogens (tertiary/aromatic N) is 3. The van der Waals surface area contributed by atoms with E-state index in [9.17, 15) is 0 Å². The molecule has 1 unspecified atom stereocenters. The predicted molar refractivity (Wildman–Crippen MR) is 74.8 cm³/mol. The van der Waals surface area contributed by atoms with Crippen LogP contribution < -0.4 is 11.1 Å². The fourth-order valence-electron chi connectivity index (χ4n) is 2.10. The van der Waals surface area contributed by atoms with Gasteiger partial charge in [-0.05, 0) is 11.6 Å². The van der Waals surface area contributed by atoms with E-state index in [-0.39, 0.29) is 6.04 Å². The molecular formula is C14H15N5. The Morgan fingerprint density at radius 2 is 2.00 bits per heavy atom. The molecule has 0 bridgehead atoms. The molecule has 3 aromatic rings. The fraction of sp³-hybridized carbons (Fsp3) is 0.143. The van der Waals surface area contributed by atoms with Crippen LogP contribution in [-0.2, 0) is 0 Å². The minimum absolute atomic E-state index is 0.0369. The van der Waals surface area contributed by atoms with Gasteiger partial charge >= 0.3 is 0 Å². The van der Waals surface area contributed by atoms with Crippen molar-refractivity contribution in [2.24, 2.45) is 5.73 Å². The van der Waals surface area contributed by atoms with Crippen LogP contribution in [0.3, 0.4) is 0 Å². The molecule has 19 heavy (non-hydrogen) atoms. The minimum atomic E-state index is 0.0369. The molecule has 96 valence electrons. The Bertz CT molecular complexity index is 662. The maximum Gasteiger partial charge on any atom is 0.152 e. The summed E-state index contributed by atoms with van der Waals surface area (Å²) in [4.78, 5) is 4.36. The number of aromatic nitrogens is 3. The van der Waals surface area contributed by atoms with Gasteiger partial charge in [0.25, 0.3) is 0 Å². The van der Waals surface area contributed by atoms with E-state index in [0.29, 0.717) is 6.54 Å². The summed E-state index contributed by atoms with van der Waals surface area (Å²) in [5.41, 5.74) is 7.95. The summed E-state index contributed by atoms with van der Waals surface area (Å²) in [5.74, 6) is 0.791. The summed E-state index contributed by atoms with van der Waals surface area (Å²) < 4.78 is 1.79. The monoisotopic (exact) mass is 253 g/mol. The Hall–Kier alpha value is -2.40. The number of anilines is 1. The van der Waals surface area contributed by atoms with Gasteiger partial charge in [0.2, 0.25) is 0 Å². The normalized spacial score (nSPS) is 12.5. The molecule has 1 atom stereocenters. The average molecular weight is 253 g/mol. The summed E-state index contributed by atoms with van der Waals surface area (Å²) >= 11 is 0. The van der Waals surface area contributed by atoms with E-state index in [1.54, 1.807) is 16.9 Å². The van der Waals surface area contributed by atoms with Crippen LogP contribution in [0.5, 0.6) is 0 Å². The number of benzene rings is 1. The van der Waals surface area contributed by atoms with E-state index < -0.39 is 0 Å². The molecule has 0 amide bonds. The van der Waals surface area contributed by atoms with Crippen LogP contribution in [0, 0.1) is 0 Å². The maximum absolute atomic E-state index is 5.86. The number of hydrogen-bond donors (Lipinski definition) is 2. The van der Waals surface area contributed by atoms with Crippen molar-refractivity contribution >= 4 is 11.3 Å². The Morgan fingerprint density at radius 1 is 1.16 bits per heavy atom. The van der Waals surface area contributed by atoms with Crippen molar-refractivity contribution < 1.29 is 0 Å². The number of nitrogens with two attached hydrogens (primary N) is 1. The number of fused-ring (bicyclic) bond motifs is 1. The number of nitrogens with one attached hydrogen (secondary N) is 1. The Kier molecular flexibility index (Phi) is 3.12. The van der Waals surface area contributed by atoms with Crippen LogP contribution in [0.1, 0.15) is 11.6 Å². The molecule has 2 aromatic heterocycles. The average Bonchev–Trinajstić information content (AvgIpc) is 2.95. The molecule has 5 heteroatoms. The van der Waals surface area contributed by atoms with Crippen molar-refractivity contribution in [1.29, 1.82) is 0 Å². The number of hydrogen-bond acceptors (Lipinski definition) is 4. The lowest BCUT2D eigenvalue weighted by molar-refractivity contribution is 0.783. The molecule has 0 fully saturated rings. The van der Waals surface area contributed by atoms with Crippen molar-refractivity contribution in [3.05, 3.63) is 60.6 Å². The molecule has 0 aliphatic carbocycles. The number of rotatable bonds is 4. The molecule has 0 aliphatic heterocycles. The van der Waals surface area contributed by atoms with E-state index in [4.69, 9.17) is 5.73 Å². The molecule has 0 spiro atoms. The lowest BCUT2D eigenvalue weighted by Crippen LogP contribution is -2.21. The van der Waals surface area contributed by atoms with Crippen molar-refractivity contribution in [3.63, 3.8) is 0 Å². The van der Waals surface area contributed by atoms with Crippen LogP contribution in [0.15, 0.2) is 55.0 Å². The molecule has 3 rings (SSSR count). The molecular weight excluding hydrogens is 238 g/mol. The highest BCUT2D eigenvalue weighted by atomic mass is 15.2. The molecule has 0 saturated carbocycles. The molecule has 5 nitrogen and oxygen atoms in total. The Labute approximate surface area is 111 Å². The lowest BCUT2D eigenvalue weighted by atomic mass is 10.1. The first kappa shape index (κ1) is 11.7. The van der Waals surface area contributed by atoms with Crippen molar-refractivity contribution in [1.82, 2.24) is 14.6 Å². The van der Waals surface area contributed by atoms with Crippen LogP contribution in [0.2, 0.25) is 0 Å². The third-order valence-electron chi connectivity index (χ3n) is 3.07. The van der Waals surface area contributed by atoms with E-state index in [1.807, 2.05) is 30.5 Å². The molecule has 0 radical (unpaired) electrons. The summed E-state index contributed by atoms with van der Waals surface area (Å²) in [6.07, 6.45) is 5.30. The van der Waals surface area contributed by atoms with E-state index in [0.717, 1.165) is 16.9 Å². The zero-order valence-corrected chi connectivity index (χ0v) is 10.4. The quantitative estimate of drug-likeness (QED) is 0.744. The first-order valence-corrected chi connectivity index (χ1v) is 6.18. The first-order valence-electron chi connectivity index (χ1n) is 6.18. The zero-order valence-electron chi connectivity index (χ0n) is 10.4. The molecule has 2 heterocycles. The smallest absolute Gasteiger partial charge is 0.152 e. The van der Waals surface area contributed by atoms with Crippen molar-refractivity contribution in [2.45, 2.75) is 6.04 Å². The molecule has 0 aliphatic rings. The largest absolute Gasteiger partial charge is 0.360 e. The topological polar surface area (TPSA) is 68.2 Å². The van der Waals surface area contributed by atoms with E-state index in [2.05, 4.69) is 27.5 Å². The lowest BCUT2D eigenvalue weighted by Gasteiger charge is -2.18. The van der Waals surface area contributed by atoms with Gasteiger partial charge < -0.3 is 11.1 Å². The van der Waals surface area contributed by atoms with Crippen LogP contribution in [0.4, 0.5) is 5.82 Å². The summed E-state index contributed by atoms with van der Waals surface area (Å²) in [7, 11) is 0. The zero-order chi connectivity index (χ0) is 13.1. The highest BCUT2D eigenvalue weighted by molar-refractivity contribution is 5.67. The van der Waals surface area contributed by atoms with Crippen LogP contribution in [0.25, 0.3) is 5.52 Å². The fourth-order valence-corrected chi connectivity index (χ4v) is 2.10. The van der Waals surface area contributed by atoms with Crippen molar-refractivity contribution in [3.8, 4) is 0 Å². The highest BCUT2D eigenvalue weighted by Gasteiger charge is 2.11. The molecule has 3 N–H and O–H groups in total. The Morgan fingerprint density at radius 3 is 2.79 bits per heavy atom. The SMILES string of the molecule is NCC(Nc1nccn2nccc12)c1ccccc1. The summed E-state index contributed by atoms with van der Waals surface area (Å²) in [6.45, 7) is 0.501. The third-order valence-corrected chi connectivity index (χ3v) is 3.07. The van der Waals surface area contributed by atoms with Gasteiger partial charge in [-0.1, -0.05) is 30.3 Å². The third kappa shape index (κ3) is 2.28. The molecule has 0 saturated heterocycles. The van der Waals surface area contributed by atoms with Gasteiger partial charge in [-0.2, -0.15) is 5.10 Å². The molecule has 1 aromatic carbocycles. The first-order chi connectivity index (χ1) is 9.38. The second kappa shape index (κ2) is 5.07. The highest BCUT2D eigenvalue weighted by Crippen LogP contribution is 2.20. The summed E-state index contributed by atoms with van der Waals surface area (Å²) in [6, 6.07) is 12.1. The van der Waals surface area contributed by atoms with E-state index in [1.165, 1.54) is 0 Å². The van der Waals surface area contributed by atoms with Crippen LogP contribution in [-0.4, -0.2) is 21.1 Å². The van der Waals surface area contributed by atoms with Gasteiger partial charge in [0, 0.05) is 18.9 Å². The van der Waals surface area contributed by atoms with Gasteiger partial charge in [0.1, 0.15) is 5.52 Å². The van der Waals surface area contributed by atoms with Gasteiger partial charge in [-0.3, -0.25) is 0 Å². The standard InChI is InChI=1S/C14H15N5/c15-10-12(11-4-2-1-3-5-11)18-14-13-6-7-17-19(13)9-8-16-14/h1-9,12H,10,15H2,(H,16,18). The second-order valence-corrected chi connectivity index (χ2v) is 4.28.